The lowest BCUT2D eigenvalue weighted by molar-refractivity contribution is -0.137. The summed E-state index contributed by atoms with van der Waals surface area (Å²) in [7, 11) is 0. The fourth-order valence-corrected chi connectivity index (χ4v) is 3.01. The van der Waals surface area contributed by atoms with E-state index in [1.807, 2.05) is 26.0 Å². The van der Waals surface area contributed by atoms with E-state index in [9.17, 15) is 4.79 Å². The van der Waals surface area contributed by atoms with Crippen LogP contribution < -0.4 is 0 Å². The topological polar surface area (TPSA) is 26.3 Å². The van der Waals surface area contributed by atoms with Crippen molar-refractivity contribution in [1.82, 2.24) is 0 Å². The first kappa shape index (κ1) is 24.9. The van der Waals surface area contributed by atoms with Crippen LogP contribution in [0, 0.1) is 0 Å². The molecule has 0 aliphatic rings. The number of carbonyl (C=O) groups excluding carboxylic acids is 1. The summed E-state index contributed by atoms with van der Waals surface area (Å²) in [6.07, 6.45) is 9.82. The zero-order chi connectivity index (χ0) is 22.2. The molecule has 0 aliphatic carbocycles. The van der Waals surface area contributed by atoms with Gasteiger partial charge in [-0.1, -0.05) is 91.3 Å². The molecule has 0 radical (unpaired) electrons. The van der Waals surface area contributed by atoms with Crippen molar-refractivity contribution in [2.45, 2.75) is 86.0 Å². The summed E-state index contributed by atoms with van der Waals surface area (Å²) in [6, 6.07) is 7.03. The van der Waals surface area contributed by atoms with Crippen LogP contribution in [0.5, 0.6) is 0 Å². The molecular formula is C27H40O2. The number of esters is 1. The fraction of sp³-hybridized carbons (Fsp3) is 0.519. The van der Waals surface area contributed by atoms with Crippen molar-refractivity contribution < 1.29 is 9.53 Å². The number of hydrogen-bond acceptors (Lipinski definition) is 2. The maximum Gasteiger partial charge on any atom is 0.330 e. The third-order valence-electron chi connectivity index (χ3n) is 4.84. The van der Waals surface area contributed by atoms with Gasteiger partial charge in [0.2, 0.25) is 0 Å². The molecule has 0 aromatic heterocycles. The van der Waals surface area contributed by atoms with Crippen molar-refractivity contribution in [3.63, 3.8) is 0 Å². The highest BCUT2D eigenvalue weighted by molar-refractivity contribution is 5.83. The maximum atomic E-state index is 11.6. The van der Waals surface area contributed by atoms with Gasteiger partial charge < -0.3 is 4.74 Å². The highest BCUT2D eigenvalue weighted by Crippen LogP contribution is 2.33. The van der Waals surface area contributed by atoms with Crippen LogP contribution in [0.4, 0.5) is 0 Å². The quantitative estimate of drug-likeness (QED) is 0.270. The Kier molecular flexibility index (Phi) is 9.14. The maximum absolute atomic E-state index is 11.6. The van der Waals surface area contributed by atoms with Gasteiger partial charge in [0.15, 0.2) is 0 Å². The summed E-state index contributed by atoms with van der Waals surface area (Å²) in [4.78, 5) is 11.6. The van der Waals surface area contributed by atoms with Crippen molar-refractivity contribution in [2.75, 3.05) is 6.61 Å². The largest absolute Gasteiger partial charge is 0.463 e. The molecule has 29 heavy (non-hydrogen) atoms. The van der Waals surface area contributed by atoms with Crippen molar-refractivity contribution in [2.24, 2.45) is 0 Å². The summed E-state index contributed by atoms with van der Waals surface area (Å²) in [6.45, 7) is 19.9. The Labute approximate surface area is 178 Å². The Bertz CT molecular complexity index is 745. The molecule has 1 aromatic rings. The molecule has 2 heteroatoms. The summed E-state index contributed by atoms with van der Waals surface area (Å²) in [5.74, 6) is -0.292. The van der Waals surface area contributed by atoms with Gasteiger partial charge in [-0.2, -0.15) is 0 Å². The molecule has 1 rings (SSSR count). The molecule has 0 unspecified atom stereocenters. The summed E-state index contributed by atoms with van der Waals surface area (Å²) >= 11 is 0. The number of carbonyl (C=O) groups is 1. The highest BCUT2D eigenvalue weighted by atomic mass is 16.5. The Morgan fingerprint density at radius 2 is 1.52 bits per heavy atom. The third kappa shape index (κ3) is 8.43. The van der Waals surface area contributed by atoms with Crippen LogP contribution in [0.3, 0.4) is 0 Å². The standard InChI is InChI=1S/C27H40O2/c1-10-13-21(15-12-14-20(3)16-25(28)29-11-2)22-17-23(26(4,5)6)19-24(18-22)27(7,8)9/h12,14-19H,10-11,13H2,1-9H3/b14-12+,20-16+,21-15-. The van der Waals surface area contributed by atoms with Crippen LogP contribution in [0.2, 0.25) is 0 Å². The first-order chi connectivity index (χ1) is 13.4. The molecule has 1 aromatic carbocycles. The SMILES string of the molecule is CCC/C(=C/C=C/C(C)=C/C(=O)OCC)c1cc(C(C)(C)C)cc(C(C)(C)C)c1. The number of allylic oxidation sites excluding steroid dienone is 5. The van der Waals surface area contributed by atoms with Gasteiger partial charge >= 0.3 is 5.97 Å². The van der Waals surface area contributed by atoms with Gasteiger partial charge in [0.05, 0.1) is 6.61 Å². The first-order valence-electron chi connectivity index (χ1n) is 10.8. The molecule has 0 saturated heterocycles. The molecule has 2 nitrogen and oxygen atoms in total. The predicted molar refractivity (Wildman–Crippen MR) is 126 cm³/mol. The second-order valence-corrected chi connectivity index (χ2v) is 9.74. The number of benzene rings is 1. The van der Waals surface area contributed by atoms with Crippen LogP contribution in [0.15, 0.2) is 48.1 Å². The van der Waals surface area contributed by atoms with E-state index in [4.69, 9.17) is 4.74 Å². The average Bonchev–Trinajstić information content (AvgIpc) is 2.59. The van der Waals surface area contributed by atoms with Crippen LogP contribution in [0.1, 0.15) is 91.8 Å². The second kappa shape index (κ2) is 10.6. The lowest BCUT2D eigenvalue weighted by atomic mass is 9.78. The average molecular weight is 397 g/mol. The monoisotopic (exact) mass is 396 g/mol. The van der Waals surface area contributed by atoms with Gasteiger partial charge in [0, 0.05) is 6.08 Å². The Balaban J connectivity index is 3.35. The number of ether oxygens (including phenoxy) is 1. The van der Waals surface area contributed by atoms with E-state index < -0.39 is 0 Å². The minimum absolute atomic E-state index is 0.0993. The molecular weight excluding hydrogens is 356 g/mol. The van der Waals surface area contributed by atoms with E-state index in [0.29, 0.717) is 6.61 Å². The molecule has 0 spiro atoms. The minimum Gasteiger partial charge on any atom is -0.463 e. The van der Waals surface area contributed by atoms with Gasteiger partial charge in [-0.15, -0.1) is 0 Å². The zero-order valence-electron chi connectivity index (χ0n) is 20.0. The Morgan fingerprint density at radius 1 is 0.966 bits per heavy atom. The Hall–Kier alpha value is -2.09. The molecule has 160 valence electrons. The zero-order valence-corrected chi connectivity index (χ0v) is 20.0. The summed E-state index contributed by atoms with van der Waals surface area (Å²) in [5.41, 5.74) is 6.43. The van der Waals surface area contributed by atoms with E-state index in [0.717, 1.165) is 18.4 Å². The van der Waals surface area contributed by atoms with E-state index in [2.05, 4.69) is 72.7 Å². The molecule has 0 fully saturated rings. The summed E-state index contributed by atoms with van der Waals surface area (Å²) in [5, 5.41) is 0. The first-order valence-corrected chi connectivity index (χ1v) is 10.8. The molecule has 0 atom stereocenters. The van der Waals surface area contributed by atoms with Gasteiger partial charge in [0.1, 0.15) is 0 Å². The van der Waals surface area contributed by atoms with E-state index >= 15 is 0 Å². The fourth-order valence-electron chi connectivity index (χ4n) is 3.01. The normalized spacial score (nSPS) is 13.8. The predicted octanol–water partition coefficient (Wildman–Crippen LogP) is 7.53. The molecule has 0 heterocycles. The molecule has 0 amide bonds. The van der Waals surface area contributed by atoms with E-state index in [1.54, 1.807) is 0 Å². The highest BCUT2D eigenvalue weighted by Gasteiger charge is 2.21. The second-order valence-electron chi connectivity index (χ2n) is 9.74. The van der Waals surface area contributed by atoms with Crippen LogP contribution >= 0.6 is 0 Å². The van der Waals surface area contributed by atoms with Crippen LogP contribution in [0.25, 0.3) is 5.57 Å². The van der Waals surface area contributed by atoms with Crippen molar-refractivity contribution in [3.05, 3.63) is 64.8 Å². The van der Waals surface area contributed by atoms with Crippen LogP contribution in [-0.4, -0.2) is 12.6 Å². The van der Waals surface area contributed by atoms with Gasteiger partial charge in [-0.3, -0.25) is 0 Å². The van der Waals surface area contributed by atoms with Crippen molar-refractivity contribution >= 4 is 11.5 Å². The Morgan fingerprint density at radius 3 is 1.97 bits per heavy atom. The molecule has 0 saturated carbocycles. The lowest BCUT2D eigenvalue weighted by Gasteiger charge is -2.26. The van der Waals surface area contributed by atoms with Gasteiger partial charge in [-0.25, -0.2) is 4.79 Å². The van der Waals surface area contributed by atoms with Gasteiger partial charge in [0.25, 0.3) is 0 Å². The smallest absolute Gasteiger partial charge is 0.330 e. The molecule has 0 bridgehead atoms. The third-order valence-corrected chi connectivity index (χ3v) is 4.84. The molecule has 0 N–H and O–H groups in total. The van der Waals surface area contributed by atoms with Crippen molar-refractivity contribution in [3.8, 4) is 0 Å². The summed E-state index contributed by atoms with van der Waals surface area (Å²) < 4.78 is 4.97. The van der Waals surface area contributed by atoms with E-state index in [1.165, 1.54) is 28.3 Å². The van der Waals surface area contributed by atoms with E-state index in [-0.39, 0.29) is 16.8 Å². The lowest BCUT2D eigenvalue weighted by Crippen LogP contribution is -2.17. The van der Waals surface area contributed by atoms with Crippen LogP contribution in [-0.2, 0) is 20.4 Å². The van der Waals surface area contributed by atoms with Gasteiger partial charge in [-0.05, 0) is 58.9 Å². The number of hydrogen-bond donors (Lipinski definition) is 0. The number of rotatable bonds is 7. The molecule has 0 aliphatic heterocycles. The minimum atomic E-state index is -0.292. The van der Waals surface area contributed by atoms with Crippen molar-refractivity contribution in [1.29, 1.82) is 0 Å².